The van der Waals surface area contributed by atoms with Gasteiger partial charge in [-0.25, -0.2) is 4.79 Å². The highest BCUT2D eigenvalue weighted by molar-refractivity contribution is 5.90. The molecule has 2 atom stereocenters. The number of esters is 1. The van der Waals surface area contributed by atoms with E-state index in [4.69, 9.17) is 9.15 Å². The van der Waals surface area contributed by atoms with E-state index in [9.17, 15) is 4.79 Å². The molecule has 4 heteroatoms. The molecule has 0 aliphatic heterocycles. The van der Waals surface area contributed by atoms with Crippen LogP contribution in [0.1, 0.15) is 60.9 Å². The highest BCUT2D eigenvalue weighted by atomic mass is 16.5. The number of methoxy groups -OCH3 is 1. The second kappa shape index (κ2) is 6.93. The Labute approximate surface area is 120 Å². The van der Waals surface area contributed by atoms with E-state index < -0.39 is 0 Å². The quantitative estimate of drug-likeness (QED) is 0.677. The Bertz CT molecular complexity index is 453. The lowest BCUT2D eigenvalue weighted by atomic mass is 10.0. The predicted octanol–water partition coefficient (Wildman–Crippen LogP) is 3.43. The lowest BCUT2D eigenvalue weighted by Gasteiger charge is -2.15. The number of hydrogen-bond acceptors (Lipinski definition) is 4. The molecule has 1 aromatic heterocycles. The van der Waals surface area contributed by atoms with Crippen molar-refractivity contribution in [3.8, 4) is 0 Å². The molecule has 1 fully saturated rings. The Morgan fingerprint density at radius 3 is 2.95 bits per heavy atom. The third-order valence-electron chi connectivity index (χ3n) is 4.20. The zero-order valence-electron chi connectivity index (χ0n) is 12.7. The van der Waals surface area contributed by atoms with Gasteiger partial charge in [0.1, 0.15) is 17.1 Å². The standard InChI is InChI=1S/C16H25NO3/c1-11-5-4-6-13(8-7-11)17-10-14-9-15(12(2)20-14)16(18)19-3/h9,11,13,17H,4-8,10H2,1-3H3. The second-order valence-corrected chi connectivity index (χ2v) is 5.87. The Balaban J connectivity index is 1.89. The molecule has 0 aromatic carbocycles. The highest BCUT2D eigenvalue weighted by Crippen LogP contribution is 2.23. The Kier molecular flexibility index (Phi) is 5.24. The van der Waals surface area contributed by atoms with Crippen molar-refractivity contribution in [1.29, 1.82) is 0 Å². The van der Waals surface area contributed by atoms with Crippen LogP contribution in [0.15, 0.2) is 10.5 Å². The molecule has 0 radical (unpaired) electrons. The summed E-state index contributed by atoms with van der Waals surface area (Å²) in [6.45, 7) is 4.81. The van der Waals surface area contributed by atoms with Gasteiger partial charge in [0.25, 0.3) is 0 Å². The maximum Gasteiger partial charge on any atom is 0.341 e. The van der Waals surface area contributed by atoms with E-state index in [1.807, 2.05) is 0 Å². The number of hydrogen-bond donors (Lipinski definition) is 1. The minimum atomic E-state index is -0.333. The van der Waals surface area contributed by atoms with Gasteiger partial charge in [-0.15, -0.1) is 0 Å². The van der Waals surface area contributed by atoms with Crippen LogP contribution in [0, 0.1) is 12.8 Å². The van der Waals surface area contributed by atoms with Crippen molar-refractivity contribution in [2.75, 3.05) is 7.11 Å². The number of rotatable bonds is 4. The average Bonchev–Trinajstić information content (AvgIpc) is 2.68. The minimum Gasteiger partial charge on any atom is -0.465 e. The van der Waals surface area contributed by atoms with Crippen molar-refractivity contribution in [1.82, 2.24) is 5.32 Å². The lowest BCUT2D eigenvalue weighted by molar-refractivity contribution is 0.0599. The van der Waals surface area contributed by atoms with E-state index in [2.05, 4.69) is 12.2 Å². The van der Waals surface area contributed by atoms with Crippen molar-refractivity contribution in [3.05, 3.63) is 23.2 Å². The zero-order chi connectivity index (χ0) is 14.5. The Hall–Kier alpha value is -1.29. The van der Waals surface area contributed by atoms with E-state index >= 15 is 0 Å². The molecular weight excluding hydrogens is 254 g/mol. The second-order valence-electron chi connectivity index (χ2n) is 5.87. The molecule has 1 aliphatic rings. The first-order chi connectivity index (χ1) is 9.60. The van der Waals surface area contributed by atoms with Gasteiger partial charge >= 0.3 is 5.97 Å². The first-order valence-electron chi connectivity index (χ1n) is 7.51. The van der Waals surface area contributed by atoms with E-state index in [0.29, 0.717) is 23.9 Å². The highest BCUT2D eigenvalue weighted by Gasteiger charge is 2.18. The monoisotopic (exact) mass is 279 g/mol. The van der Waals surface area contributed by atoms with Gasteiger partial charge in [0.15, 0.2) is 0 Å². The zero-order valence-corrected chi connectivity index (χ0v) is 12.7. The minimum absolute atomic E-state index is 0.333. The summed E-state index contributed by atoms with van der Waals surface area (Å²) in [5.41, 5.74) is 0.527. The van der Waals surface area contributed by atoms with E-state index in [-0.39, 0.29) is 5.97 Å². The van der Waals surface area contributed by atoms with Gasteiger partial charge in [-0.05, 0) is 38.2 Å². The summed E-state index contributed by atoms with van der Waals surface area (Å²) in [4.78, 5) is 11.5. The topological polar surface area (TPSA) is 51.5 Å². The molecule has 1 aromatic rings. The summed E-state index contributed by atoms with van der Waals surface area (Å²) in [5.74, 6) is 1.95. The van der Waals surface area contributed by atoms with Crippen molar-refractivity contribution >= 4 is 5.97 Å². The normalized spacial score (nSPS) is 23.4. The van der Waals surface area contributed by atoms with Crippen LogP contribution in [0.2, 0.25) is 0 Å². The average molecular weight is 279 g/mol. The van der Waals surface area contributed by atoms with Crippen LogP contribution in [0.5, 0.6) is 0 Å². The van der Waals surface area contributed by atoms with Gasteiger partial charge in [0, 0.05) is 6.04 Å². The fraction of sp³-hybridized carbons (Fsp3) is 0.688. The molecule has 1 N–H and O–H groups in total. The first kappa shape index (κ1) is 15.1. The maximum atomic E-state index is 11.5. The summed E-state index contributed by atoms with van der Waals surface area (Å²) < 4.78 is 10.4. The molecule has 1 heterocycles. The number of carbonyl (C=O) groups excluding carboxylic acids is 1. The van der Waals surface area contributed by atoms with E-state index in [0.717, 1.165) is 11.7 Å². The van der Waals surface area contributed by atoms with E-state index in [1.165, 1.54) is 39.2 Å². The van der Waals surface area contributed by atoms with Gasteiger partial charge in [-0.1, -0.05) is 19.8 Å². The summed E-state index contributed by atoms with van der Waals surface area (Å²) in [6.07, 6.45) is 6.38. The van der Waals surface area contributed by atoms with Gasteiger partial charge < -0.3 is 14.5 Å². The summed E-state index contributed by atoms with van der Waals surface area (Å²) in [6, 6.07) is 2.35. The largest absolute Gasteiger partial charge is 0.465 e. The van der Waals surface area contributed by atoms with Gasteiger partial charge in [0.2, 0.25) is 0 Å². The SMILES string of the molecule is COC(=O)c1cc(CNC2CCCC(C)CC2)oc1C. The molecule has 2 rings (SSSR count). The summed E-state index contributed by atoms with van der Waals surface area (Å²) in [5, 5.41) is 3.55. The maximum absolute atomic E-state index is 11.5. The molecule has 1 aliphatic carbocycles. The number of ether oxygens (including phenoxy) is 1. The molecule has 2 unspecified atom stereocenters. The molecule has 0 spiro atoms. The van der Waals surface area contributed by atoms with Crippen LogP contribution in [-0.2, 0) is 11.3 Å². The summed E-state index contributed by atoms with van der Waals surface area (Å²) >= 11 is 0. The number of nitrogens with one attached hydrogen (secondary N) is 1. The smallest absolute Gasteiger partial charge is 0.341 e. The van der Waals surface area contributed by atoms with E-state index in [1.54, 1.807) is 13.0 Å². The first-order valence-corrected chi connectivity index (χ1v) is 7.51. The fourth-order valence-corrected chi connectivity index (χ4v) is 2.88. The van der Waals surface area contributed by atoms with Crippen molar-refractivity contribution < 1.29 is 13.9 Å². The van der Waals surface area contributed by atoms with Gasteiger partial charge in [0.05, 0.1) is 13.7 Å². The number of furan rings is 1. The van der Waals surface area contributed by atoms with Crippen LogP contribution < -0.4 is 5.32 Å². The van der Waals surface area contributed by atoms with Crippen molar-refractivity contribution in [2.24, 2.45) is 5.92 Å². The number of carbonyl (C=O) groups is 1. The molecule has 0 bridgehead atoms. The third-order valence-corrected chi connectivity index (χ3v) is 4.20. The molecule has 0 amide bonds. The Morgan fingerprint density at radius 1 is 1.40 bits per heavy atom. The Morgan fingerprint density at radius 2 is 2.20 bits per heavy atom. The van der Waals surface area contributed by atoms with Crippen LogP contribution in [0.3, 0.4) is 0 Å². The molecule has 0 saturated heterocycles. The molecule has 20 heavy (non-hydrogen) atoms. The molecule has 1 saturated carbocycles. The third kappa shape index (κ3) is 3.85. The molecule has 112 valence electrons. The fourth-order valence-electron chi connectivity index (χ4n) is 2.88. The van der Waals surface area contributed by atoms with Crippen molar-refractivity contribution in [2.45, 2.75) is 58.5 Å². The molecule has 4 nitrogen and oxygen atoms in total. The van der Waals surface area contributed by atoms with Crippen LogP contribution in [0.25, 0.3) is 0 Å². The van der Waals surface area contributed by atoms with Crippen LogP contribution in [0.4, 0.5) is 0 Å². The molecular formula is C16H25NO3. The number of aryl methyl sites for hydroxylation is 1. The van der Waals surface area contributed by atoms with Crippen LogP contribution in [-0.4, -0.2) is 19.1 Å². The summed E-state index contributed by atoms with van der Waals surface area (Å²) in [7, 11) is 1.39. The van der Waals surface area contributed by atoms with Gasteiger partial charge in [-0.2, -0.15) is 0 Å². The van der Waals surface area contributed by atoms with Gasteiger partial charge in [-0.3, -0.25) is 0 Å². The van der Waals surface area contributed by atoms with Crippen molar-refractivity contribution in [3.63, 3.8) is 0 Å². The van der Waals surface area contributed by atoms with Crippen LogP contribution >= 0.6 is 0 Å². The lowest BCUT2D eigenvalue weighted by Crippen LogP contribution is -2.27. The predicted molar refractivity (Wildman–Crippen MR) is 77.7 cm³/mol.